The van der Waals surface area contributed by atoms with E-state index in [1.807, 2.05) is 0 Å². The Morgan fingerprint density at radius 3 is 2.50 bits per heavy atom. The standard InChI is InChI=1S/C14H24N4/c1-12(18-10-8-17(3)9-11-18)14(16-15-2)7-6-13-4-5-13/h7,13H,1,4-6,8-11H2,2-3H3/b14-7-,16-15?. The van der Waals surface area contributed by atoms with Crippen LogP contribution < -0.4 is 0 Å². The van der Waals surface area contributed by atoms with Crippen molar-refractivity contribution < 1.29 is 0 Å². The lowest BCUT2D eigenvalue weighted by Gasteiger charge is -2.35. The number of hydrogen-bond donors (Lipinski definition) is 0. The lowest BCUT2D eigenvalue weighted by Crippen LogP contribution is -2.43. The molecule has 1 heterocycles. The molecule has 0 unspecified atom stereocenters. The number of azo groups is 1. The van der Waals surface area contributed by atoms with E-state index in [1.54, 1.807) is 7.05 Å². The van der Waals surface area contributed by atoms with Crippen molar-refractivity contribution in [3.05, 3.63) is 24.0 Å². The van der Waals surface area contributed by atoms with E-state index in [4.69, 9.17) is 0 Å². The van der Waals surface area contributed by atoms with Crippen molar-refractivity contribution >= 4 is 0 Å². The van der Waals surface area contributed by atoms with Gasteiger partial charge in [-0.05, 0) is 32.2 Å². The van der Waals surface area contributed by atoms with Crippen LogP contribution in [0.3, 0.4) is 0 Å². The Hall–Kier alpha value is -1.16. The molecule has 100 valence electrons. The van der Waals surface area contributed by atoms with Gasteiger partial charge in [0.15, 0.2) is 0 Å². The molecule has 0 atom stereocenters. The zero-order valence-corrected chi connectivity index (χ0v) is 11.6. The number of nitrogens with zero attached hydrogens (tertiary/aromatic N) is 4. The molecule has 0 radical (unpaired) electrons. The summed E-state index contributed by atoms with van der Waals surface area (Å²) in [5.41, 5.74) is 2.00. The Morgan fingerprint density at radius 1 is 1.28 bits per heavy atom. The van der Waals surface area contributed by atoms with Crippen LogP contribution in [0.5, 0.6) is 0 Å². The third kappa shape index (κ3) is 3.67. The summed E-state index contributed by atoms with van der Waals surface area (Å²) in [6, 6.07) is 0. The molecule has 1 aliphatic carbocycles. The van der Waals surface area contributed by atoms with Crippen LogP contribution in [0.1, 0.15) is 19.3 Å². The van der Waals surface area contributed by atoms with Crippen molar-refractivity contribution in [2.24, 2.45) is 16.1 Å². The van der Waals surface area contributed by atoms with Gasteiger partial charge in [-0.15, -0.1) is 0 Å². The van der Waals surface area contributed by atoms with Crippen molar-refractivity contribution in [3.63, 3.8) is 0 Å². The Morgan fingerprint density at radius 2 is 1.94 bits per heavy atom. The highest BCUT2D eigenvalue weighted by atomic mass is 15.3. The predicted octanol–water partition coefficient (Wildman–Crippen LogP) is 2.51. The SMILES string of the molecule is C=C(/C(=C/CC1CC1)N=NC)N1CCN(C)CC1. The van der Waals surface area contributed by atoms with E-state index < -0.39 is 0 Å². The van der Waals surface area contributed by atoms with Crippen LogP contribution in [-0.2, 0) is 0 Å². The largest absolute Gasteiger partial charge is 0.368 e. The number of hydrogen-bond acceptors (Lipinski definition) is 4. The minimum atomic E-state index is 0.882. The van der Waals surface area contributed by atoms with Gasteiger partial charge in [0.05, 0.1) is 5.70 Å². The van der Waals surface area contributed by atoms with Crippen molar-refractivity contribution in [2.75, 3.05) is 40.3 Å². The molecule has 4 heteroatoms. The molecule has 18 heavy (non-hydrogen) atoms. The summed E-state index contributed by atoms with van der Waals surface area (Å²) in [7, 11) is 3.89. The maximum atomic E-state index is 4.25. The smallest absolute Gasteiger partial charge is 0.104 e. The third-order valence-electron chi connectivity index (χ3n) is 3.73. The molecule has 0 aromatic rings. The summed E-state index contributed by atoms with van der Waals surface area (Å²) in [5.74, 6) is 0.882. The molecule has 2 rings (SSSR count). The van der Waals surface area contributed by atoms with Gasteiger partial charge in [-0.25, -0.2) is 0 Å². The molecule has 2 fully saturated rings. The van der Waals surface area contributed by atoms with E-state index in [2.05, 4.69) is 39.7 Å². The zero-order chi connectivity index (χ0) is 13.0. The topological polar surface area (TPSA) is 31.2 Å². The molecule has 4 nitrogen and oxygen atoms in total. The molecule has 1 saturated heterocycles. The van der Waals surface area contributed by atoms with E-state index in [-0.39, 0.29) is 0 Å². The van der Waals surface area contributed by atoms with Crippen LogP contribution in [-0.4, -0.2) is 50.1 Å². The molecule has 0 bridgehead atoms. The molecule has 0 spiro atoms. The fourth-order valence-corrected chi connectivity index (χ4v) is 2.19. The fraction of sp³-hybridized carbons (Fsp3) is 0.714. The highest BCUT2D eigenvalue weighted by molar-refractivity contribution is 5.26. The molecule has 2 aliphatic rings. The second kappa shape index (κ2) is 6.14. The van der Waals surface area contributed by atoms with Gasteiger partial charge in [0.2, 0.25) is 0 Å². The van der Waals surface area contributed by atoms with Crippen LogP contribution in [0.25, 0.3) is 0 Å². The molecule has 1 aliphatic heterocycles. The minimum absolute atomic E-state index is 0.882. The van der Waals surface area contributed by atoms with Crippen molar-refractivity contribution in [2.45, 2.75) is 19.3 Å². The maximum absolute atomic E-state index is 4.25. The molecule has 0 aromatic carbocycles. The average molecular weight is 248 g/mol. The Balaban J connectivity index is 1.95. The fourth-order valence-electron chi connectivity index (χ4n) is 2.19. The molecule has 0 N–H and O–H groups in total. The van der Waals surface area contributed by atoms with Gasteiger partial charge in [-0.3, -0.25) is 0 Å². The summed E-state index contributed by atoms with van der Waals surface area (Å²) in [6.45, 7) is 8.47. The van der Waals surface area contributed by atoms with Gasteiger partial charge in [0.1, 0.15) is 5.70 Å². The minimum Gasteiger partial charge on any atom is -0.368 e. The van der Waals surface area contributed by atoms with Gasteiger partial charge in [-0.2, -0.15) is 10.2 Å². The monoisotopic (exact) mass is 248 g/mol. The maximum Gasteiger partial charge on any atom is 0.104 e. The molecular weight excluding hydrogens is 224 g/mol. The Kier molecular flexibility index (Phi) is 4.53. The van der Waals surface area contributed by atoms with E-state index in [9.17, 15) is 0 Å². The second-order valence-corrected chi connectivity index (χ2v) is 5.31. The number of rotatable bonds is 5. The molecule has 0 aromatic heterocycles. The van der Waals surface area contributed by atoms with Crippen LogP contribution >= 0.6 is 0 Å². The predicted molar refractivity (Wildman–Crippen MR) is 74.4 cm³/mol. The van der Waals surface area contributed by atoms with Crippen LogP contribution in [0.4, 0.5) is 0 Å². The van der Waals surface area contributed by atoms with E-state index >= 15 is 0 Å². The second-order valence-electron chi connectivity index (χ2n) is 5.31. The van der Waals surface area contributed by atoms with Crippen molar-refractivity contribution in [1.82, 2.24) is 9.80 Å². The normalized spacial score (nSPS) is 22.8. The summed E-state index contributed by atoms with van der Waals surface area (Å²) >= 11 is 0. The summed E-state index contributed by atoms with van der Waals surface area (Å²) < 4.78 is 0. The lowest BCUT2D eigenvalue weighted by atomic mass is 10.2. The first-order valence-corrected chi connectivity index (χ1v) is 6.83. The van der Waals surface area contributed by atoms with E-state index in [0.717, 1.165) is 49.9 Å². The van der Waals surface area contributed by atoms with Gasteiger partial charge >= 0.3 is 0 Å². The first kappa shape index (κ1) is 13.3. The van der Waals surface area contributed by atoms with E-state index in [1.165, 1.54) is 12.8 Å². The Labute approximate surface area is 110 Å². The van der Waals surface area contributed by atoms with Gasteiger partial charge < -0.3 is 9.80 Å². The van der Waals surface area contributed by atoms with Gasteiger partial charge in [0, 0.05) is 33.2 Å². The number of allylic oxidation sites excluding steroid dienone is 1. The quantitative estimate of drug-likeness (QED) is 0.553. The third-order valence-corrected chi connectivity index (χ3v) is 3.73. The lowest BCUT2D eigenvalue weighted by molar-refractivity contribution is 0.189. The highest BCUT2D eigenvalue weighted by Gasteiger charge is 2.21. The summed E-state index contributed by atoms with van der Waals surface area (Å²) in [4.78, 5) is 4.67. The highest BCUT2D eigenvalue weighted by Crippen LogP contribution is 2.33. The summed E-state index contributed by atoms with van der Waals surface area (Å²) in [5, 5.41) is 8.17. The van der Waals surface area contributed by atoms with Crippen molar-refractivity contribution in [3.8, 4) is 0 Å². The molecular formula is C14H24N4. The van der Waals surface area contributed by atoms with E-state index in [0.29, 0.717) is 0 Å². The Bertz CT molecular complexity index is 347. The average Bonchev–Trinajstić information content (AvgIpc) is 3.18. The van der Waals surface area contributed by atoms with Gasteiger partial charge in [-0.1, -0.05) is 12.7 Å². The number of piperazine rings is 1. The van der Waals surface area contributed by atoms with Crippen LogP contribution in [0, 0.1) is 5.92 Å². The summed E-state index contributed by atoms with van der Waals surface area (Å²) in [6.07, 6.45) is 6.08. The first-order chi connectivity index (χ1) is 8.70. The molecule has 1 saturated carbocycles. The zero-order valence-electron chi connectivity index (χ0n) is 11.6. The van der Waals surface area contributed by atoms with Crippen molar-refractivity contribution in [1.29, 1.82) is 0 Å². The van der Waals surface area contributed by atoms with Gasteiger partial charge in [0.25, 0.3) is 0 Å². The van der Waals surface area contributed by atoms with Crippen LogP contribution in [0.2, 0.25) is 0 Å². The number of likely N-dealkylation sites (N-methyl/N-ethyl adjacent to an activating group) is 1. The first-order valence-electron chi connectivity index (χ1n) is 6.83. The molecule has 0 amide bonds. The van der Waals surface area contributed by atoms with Crippen LogP contribution in [0.15, 0.2) is 34.3 Å².